The molecule has 0 saturated heterocycles. The highest BCUT2D eigenvalue weighted by atomic mass is 35.5. The molecule has 4 nitrogen and oxygen atoms in total. The average Bonchev–Trinajstić information content (AvgIpc) is 2.31. The van der Waals surface area contributed by atoms with Crippen molar-refractivity contribution in [1.29, 1.82) is 0 Å². The number of nitrogens with one attached hydrogen (secondary N) is 1. The van der Waals surface area contributed by atoms with Gasteiger partial charge in [-0.05, 0) is 30.3 Å². The smallest absolute Gasteiger partial charge is 0.263 e. The standard InChI is InChI=1S/C12H10ClFN2O2S/c13-9-7-8(15)5-6-12(9)19(17,18)16-11-4-2-1-3-10(11)14/h1-7,16H,15H2. The summed E-state index contributed by atoms with van der Waals surface area (Å²) in [4.78, 5) is -0.161. The first-order chi connectivity index (χ1) is 8.90. The minimum Gasteiger partial charge on any atom is -0.399 e. The second-order valence-electron chi connectivity index (χ2n) is 3.78. The Hall–Kier alpha value is -1.79. The van der Waals surface area contributed by atoms with Crippen molar-refractivity contribution in [2.75, 3.05) is 10.5 Å². The summed E-state index contributed by atoms with van der Waals surface area (Å²) in [5, 5.41) is -0.0242. The van der Waals surface area contributed by atoms with Gasteiger partial charge in [0, 0.05) is 5.69 Å². The Kier molecular flexibility index (Phi) is 3.64. The predicted octanol–water partition coefficient (Wildman–Crippen LogP) is 2.86. The quantitative estimate of drug-likeness (QED) is 0.856. The normalized spacial score (nSPS) is 11.3. The van der Waals surface area contributed by atoms with Gasteiger partial charge in [-0.1, -0.05) is 23.7 Å². The van der Waals surface area contributed by atoms with Crippen LogP contribution in [0.15, 0.2) is 47.4 Å². The van der Waals surface area contributed by atoms with E-state index in [0.29, 0.717) is 5.69 Å². The van der Waals surface area contributed by atoms with E-state index in [0.717, 1.165) is 6.07 Å². The van der Waals surface area contributed by atoms with Crippen LogP contribution in [0, 0.1) is 5.82 Å². The monoisotopic (exact) mass is 300 g/mol. The lowest BCUT2D eigenvalue weighted by atomic mass is 10.3. The molecule has 3 N–H and O–H groups in total. The zero-order valence-electron chi connectivity index (χ0n) is 9.60. The molecule has 0 unspecified atom stereocenters. The van der Waals surface area contributed by atoms with E-state index in [1.807, 2.05) is 0 Å². The maximum Gasteiger partial charge on any atom is 0.263 e. The summed E-state index contributed by atoms with van der Waals surface area (Å²) in [5.41, 5.74) is 5.69. The number of sulfonamides is 1. The fourth-order valence-electron chi connectivity index (χ4n) is 1.48. The van der Waals surface area contributed by atoms with Crippen molar-refractivity contribution in [1.82, 2.24) is 0 Å². The van der Waals surface area contributed by atoms with E-state index in [4.69, 9.17) is 17.3 Å². The molecule has 0 aromatic heterocycles. The Morgan fingerprint density at radius 1 is 1.16 bits per heavy atom. The number of benzene rings is 2. The lowest BCUT2D eigenvalue weighted by Gasteiger charge is -2.10. The van der Waals surface area contributed by atoms with Crippen LogP contribution in [0.25, 0.3) is 0 Å². The molecule has 0 bridgehead atoms. The summed E-state index contributed by atoms with van der Waals surface area (Å²) in [6.45, 7) is 0. The number of nitrogen functional groups attached to an aromatic ring is 1. The first-order valence-electron chi connectivity index (χ1n) is 5.22. The molecule has 0 aliphatic carbocycles. The van der Waals surface area contributed by atoms with Gasteiger partial charge in [0.2, 0.25) is 0 Å². The molecular weight excluding hydrogens is 291 g/mol. The van der Waals surface area contributed by atoms with Gasteiger partial charge in [0.1, 0.15) is 10.7 Å². The van der Waals surface area contributed by atoms with Crippen LogP contribution >= 0.6 is 11.6 Å². The van der Waals surface area contributed by atoms with Crippen molar-refractivity contribution in [2.45, 2.75) is 4.90 Å². The molecule has 0 atom stereocenters. The minimum atomic E-state index is -3.96. The molecule has 0 fully saturated rings. The third kappa shape index (κ3) is 2.97. The number of halogens is 2. The van der Waals surface area contributed by atoms with Crippen LogP contribution in [0.2, 0.25) is 5.02 Å². The van der Waals surface area contributed by atoms with Gasteiger partial charge in [-0.15, -0.1) is 0 Å². The zero-order chi connectivity index (χ0) is 14.0. The van der Waals surface area contributed by atoms with E-state index in [1.165, 1.54) is 36.4 Å². The van der Waals surface area contributed by atoms with Crippen LogP contribution < -0.4 is 10.5 Å². The van der Waals surface area contributed by atoms with Gasteiger partial charge in [-0.3, -0.25) is 4.72 Å². The van der Waals surface area contributed by atoms with Gasteiger partial charge in [-0.2, -0.15) is 0 Å². The number of hydrogen-bond acceptors (Lipinski definition) is 3. The predicted molar refractivity (Wildman–Crippen MR) is 73.1 cm³/mol. The van der Waals surface area contributed by atoms with Crippen molar-refractivity contribution < 1.29 is 12.8 Å². The number of para-hydroxylation sites is 1. The summed E-state index contributed by atoms with van der Waals surface area (Å²) in [6.07, 6.45) is 0. The maximum absolute atomic E-state index is 13.4. The molecule has 2 aromatic carbocycles. The first-order valence-corrected chi connectivity index (χ1v) is 7.08. The third-order valence-electron chi connectivity index (χ3n) is 2.36. The number of nitrogens with two attached hydrogens (primary N) is 1. The summed E-state index contributed by atoms with van der Waals surface area (Å²) in [7, 11) is -3.96. The molecule has 100 valence electrons. The van der Waals surface area contributed by atoms with E-state index >= 15 is 0 Å². The van der Waals surface area contributed by atoms with Crippen LogP contribution in [-0.4, -0.2) is 8.42 Å². The SMILES string of the molecule is Nc1ccc(S(=O)(=O)Nc2ccccc2F)c(Cl)c1. The average molecular weight is 301 g/mol. The lowest BCUT2D eigenvalue weighted by molar-refractivity contribution is 0.598. The molecule has 7 heteroatoms. The highest BCUT2D eigenvalue weighted by molar-refractivity contribution is 7.92. The maximum atomic E-state index is 13.4. The summed E-state index contributed by atoms with van der Waals surface area (Å²) >= 11 is 5.83. The van der Waals surface area contributed by atoms with Gasteiger partial charge < -0.3 is 5.73 Å². The van der Waals surface area contributed by atoms with Gasteiger partial charge in [-0.25, -0.2) is 12.8 Å². The third-order valence-corrected chi connectivity index (χ3v) is 4.21. The van der Waals surface area contributed by atoms with Gasteiger partial charge in [0.05, 0.1) is 10.7 Å². The highest BCUT2D eigenvalue weighted by Crippen LogP contribution is 2.26. The molecule has 2 aromatic rings. The Morgan fingerprint density at radius 2 is 1.84 bits per heavy atom. The fraction of sp³-hybridized carbons (Fsp3) is 0. The van der Waals surface area contributed by atoms with E-state index in [9.17, 15) is 12.8 Å². The molecule has 0 amide bonds. The molecule has 2 rings (SSSR count). The number of rotatable bonds is 3. The molecular formula is C12H10ClFN2O2S. The molecule has 0 heterocycles. The Morgan fingerprint density at radius 3 is 2.47 bits per heavy atom. The molecule has 0 aliphatic heterocycles. The van der Waals surface area contributed by atoms with Crippen LogP contribution in [0.1, 0.15) is 0 Å². The molecule has 0 spiro atoms. The van der Waals surface area contributed by atoms with Crippen LogP contribution in [0.5, 0.6) is 0 Å². The summed E-state index contributed by atoms with van der Waals surface area (Å²) in [6, 6.07) is 9.44. The van der Waals surface area contributed by atoms with Crippen LogP contribution in [0.4, 0.5) is 15.8 Å². The van der Waals surface area contributed by atoms with Crippen molar-refractivity contribution in [3.63, 3.8) is 0 Å². The number of hydrogen-bond donors (Lipinski definition) is 2. The summed E-state index contributed by atoms with van der Waals surface area (Å²) in [5.74, 6) is -0.669. The van der Waals surface area contributed by atoms with Crippen LogP contribution in [0.3, 0.4) is 0 Å². The fourth-order valence-corrected chi connectivity index (χ4v) is 3.10. The van der Waals surface area contributed by atoms with Crippen molar-refractivity contribution in [2.24, 2.45) is 0 Å². The van der Waals surface area contributed by atoms with Gasteiger partial charge in [0.25, 0.3) is 10.0 Å². The van der Waals surface area contributed by atoms with E-state index < -0.39 is 15.8 Å². The molecule has 0 saturated carbocycles. The second kappa shape index (κ2) is 5.07. The zero-order valence-corrected chi connectivity index (χ0v) is 11.2. The molecule has 0 aliphatic rings. The van der Waals surface area contributed by atoms with E-state index in [1.54, 1.807) is 0 Å². The molecule has 0 radical (unpaired) electrons. The van der Waals surface area contributed by atoms with Crippen molar-refractivity contribution in [3.05, 3.63) is 53.3 Å². The largest absolute Gasteiger partial charge is 0.399 e. The van der Waals surface area contributed by atoms with Gasteiger partial charge in [0.15, 0.2) is 0 Å². The highest BCUT2D eigenvalue weighted by Gasteiger charge is 2.19. The van der Waals surface area contributed by atoms with Crippen molar-refractivity contribution in [3.8, 4) is 0 Å². The second-order valence-corrected chi connectivity index (χ2v) is 5.83. The van der Waals surface area contributed by atoms with Crippen LogP contribution in [-0.2, 0) is 10.0 Å². The lowest BCUT2D eigenvalue weighted by Crippen LogP contribution is -2.14. The van der Waals surface area contributed by atoms with E-state index in [2.05, 4.69) is 4.72 Å². The summed E-state index contributed by atoms with van der Waals surface area (Å²) < 4.78 is 39.7. The minimum absolute atomic E-state index is 0.0242. The van der Waals surface area contributed by atoms with E-state index in [-0.39, 0.29) is 15.6 Å². The first kappa shape index (κ1) is 13.6. The molecule has 19 heavy (non-hydrogen) atoms. The Balaban J connectivity index is 2.41. The Labute approximate surface area is 115 Å². The van der Waals surface area contributed by atoms with Gasteiger partial charge >= 0.3 is 0 Å². The Bertz CT molecular complexity index is 719. The topological polar surface area (TPSA) is 72.2 Å². The van der Waals surface area contributed by atoms with Crippen molar-refractivity contribution >= 4 is 33.0 Å². The number of anilines is 2.